The number of anilines is 1. The molecule has 26 heavy (non-hydrogen) atoms. The molecule has 1 aromatic carbocycles. The number of ether oxygens (including phenoxy) is 1. The van der Waals surface area contributed by atoms with Crippen LogP contribution in [0.15, 0.2) is 34.9 Å². The number of hydrogen-bond acceptors (Lipinski definition) is 5. The molecule has 6 nitrogen and oxygen atoms in total. The third-order valence-electron chi connectivity index (χ3n) is 4.92. The highest BCUT2D eigenvalue weighted by molar-refractivity contribution is 6.30. The predicted octanol–water partition coefficient (Wildman–Crippen LogP) is 3.30. The molecule has 1 aliphatic heterocycles. The van der Waals surface area contributed by atoms with Crippen LogP contribution < -0.4 is 10.6 Å². The van der Waals surface area contributed by atoms with Crippen molar-refractivity contribution in [2.24, 2.45) is 0 Å². The lowest BCUT2D eigenvalue weighted by atomic mass is 9.74. The van der Waals surface area contributed by atoms with Gasteiger partial charge < -0.3 is 14.6 Å². The number of nitrogens with zero attached hydrogens (tertiary/aromatic N) is 1. The van der Waals surface area contributed by atoms with Crippen LogP contribution in [0, 0.1) is 6.92 Å². The van der Waals surface area contributed by atoms with Crippen molar-refractivity contribution in [1.82, 2.24) is 10.5 Å². The standard InChI is InChI=1S/C19H24ClN3O3/c1-13-11-17(26-23-13)22-18(24)14(2)21-12-19(7-9-25-10-8-19)15-3-5-16(20)6-4-15/h3-6,11,14,21H,7-10,12H2,1-2H3,(H,22,24)/t14-/m0/s1. The fraction of sp³-hybridized carbons (Fsp3) is 0.474. The fourth-order valence-corrected chi connectivity index (χ4v) is 3.35. The second-order valence-corrected chi connectivity index (χ2v) is 7.26. The van der Waals surface area contributed by atoms with Crippen LogP contribution >= 0.6 is 11.6 Å². The van der Waals surface area contributed by atoms with E-state index in [4.69, 9.17) is 20.9 Å². The smallest absolute Gasteiger partial charge is 0.243 e. The van der Waals surface area contributed by atoms with Crippen molar-refractivity contribution < 1.29 is 14.1 Å². The third-order valence-corrected chi connectivity index (χ3v) is 5.17. The van der Waals surface area contributed by atoms with Crippen molar-refractivity contribution in [2.45, 2.75) is 38.1 Å². The maximum Gasteiger partial charge on any atom is 0.243 e. The van der Waals surface area contributed by atoms with Gasteiger partial charge in [0.2, 0.25) is 11.8 Å². The molecule has 0 saturated carbocycles. The molecule has 1 aliphatic rings. The summed E-state index contributed by atoms with van der Waals surface area (Å²) in [5, 5.41) is 10.6. The van der Waals surface area contributed by atoms with Gasteiger partial charge in [-0.15, -0.1) is 0 Å². The van der Waals surface area contributed by atoms with Crippen LogP contribution in [0.5, 0.6) is 0 Å². The van der Waals surface area contributed by atoms with Crippen molar-refractivity contribution in [2.75, 3.05) is 25.1 Å². The summed E-state index contributed by atoms with van der Waals surface area (Å²) in [5.74, 6) is 0.207. The number of hydrogen-bond donors (Lipinski definition) is 2. The number of aryl methyl sites for hydroxylation is 1. The number of rotatable bonds is 6. The van der Waals surface area contributed by atoms with E-state index >= 15 is 0 Å². The Kier molecular flexibility index (Phi) is 5.96. The van der Waals surface area contributed by atoms with Gasteiger partial charge in [0.1, 0.15) is 0 Å². The van der Waals surface area contributed by atoms with Crippen molar-refractivity contribution in [1.29, 1.82) is 0 Å². The molecule has 1 saturated heterocycles. The quantitative estimate of drug-likeness (QED) is 0.807. The second-order valence-electron chi connectivity index (χ2n) is 6.82. The van der Waals surface area contributed by atoms with Crippen LogP contribution in [-0.4, -0.2) is 36.9 Å². The molecular weight excluding hydrogens is 354 g/mol. The van der Waals surface area contributed by atoms with Crippen LogP contribution in [0.2, 0.25) is 5.02 Å². The van der Waals surface area contributed by atoms with Crippen LogP contribution in [0.3, 0.4) is 0 Å². The van der Waals surface area contributed by atoms with Crippen molar-refractivity contribution >= 4 is 23.4 Å². The van der Waals surface area contributed by atoms with E-state index in [-0.39, 0.29) is 17.4 Å². The van der Waals surface area contributed by atoms with Crippen LogP contribution in [0.1, 0.15) is 31.0 Å². The molecule has 0 radical (unpaired) electrons. The average Bonchev–Trinajstić information content (AvgIpc) is 3.05. The summed E-state index contributed by atoms with van der Waals surface area (Å²) in [6.45, 7) is 5.75. The Morgan fingerprint density at radius 1 is 1.31 bits per heavy atom. The number of carbonyl (C=O) groups is 1. The van der Waals surface area contributed by atoms with Crippen molar-refractivity contribution in [3.63, 3.8) is 0 Å². The van der Waals surface area contributed by atoms with E-state index in [1.165, 1.54) is 5.56 Å². The molecule has 2 heterocycles. The molecule has 7 heteroatoms. The largest absolute Gasteiger partial charge is 0.381 e. The molecule has 140 valence electrons. The van der Waals surface area contributed by atoms with E-state index in [9.17, 15) is 4.79 Å². The van der Waals surface area contributed by atoms with E-state index in [1.807, 2.05) is 26.0 Å². The number of carbonyl (C=O) groups excluding carboxylic acids is 1. The second kappa shape index (κ2) is 8.20. The lowest BCUT2D eigenvalue weighted by Crippen LogP contribution is -2.48. The summed E-state index contributed by atoms with van der Waals surface area (Å²) in [4.78, 5) is 12.4. The number of nitrogens with one attached hydrogen (secondary N) is 2. The minimum absolute atomic E-state index is 0.0692. The Balaban J connectivity index is 1.65. The fourth-order valence-electron chi connectivity index (χ4n) is 3.23. The average molecular weight is 378 g/mol. The van der Waals surface area contributed by atoms with Crippen LogP contribution in [0.25, 0.3) is 0 Å². The van der Waals surface area contributed by atoms with E-state index in [0.717, 1.165) is 23.6 Å². The first-order valence-corrected chi connectivity index (χ1v) is 9.18. The zero-order chi connectivity index (χ0) is 18.6. The van der Waals surface area contributed by atoms with E-state index < -0.39 is 0 Å². The van der Waals surface area contributed by atoms with Gasteiger partial charge in [0, 0.05) is 36.3 Å². The Bertz CT molecular complexity index is 739. The molecule has 1 amide bonds. The Morgan fingerprint density at radius 2 is 2.00 bits per heavy atom. The minimum Gasteiger partial charge on any atom is -0.381 e. The molecule has 1 atom stereocenters. The summed E-state index contributed by atoms with van der Waals surface area (Å²) in [6, 6.07) is 9.28. The third kappa shape index (κ3) is 4.44. The predicted molar refractivity (Wildman–Crippen MR) is 101 cm³/mol. The highest BCUT2D eigenvalue weighted by atomic mass is 35.5. The van der Waals surface area contributed by atoms with E-state index in [0.29, 0.717) is 25.6 Å². The van der Waals surface area contributed by atoms with Gasteiger partial charge in [0.25, 0.3) is 0 Å². The van der Waals surface area contributed by atoms with Crippen LogP contribution in [0.4, 0.5) is 5.88 Å². The van der Waals surface area contributed by atoms with Gasteiger partial charge in [-0.3, -0.25) is 10.1 Å². The zero-order valence-corrected chi connectivity index (χ0v) is 15.8. The summed E-state index contributed by atoms with van der Waals surface area (Å²) in [7, 11) is 0. The molecule has 2 aromatic rings. The summed E-state index contributed by atoms with van der Waals surface area (Å²) in [6.07, 6.45) is 1.80. The molecule has 0 spiro atoms. The maximum absolute atomic E-state index is 12.4. The van der Waals surface area contributed by atoms with Gasteiger partial charge in [-0.1, -0.05) is 28.9 Å². The molecular formula is C19H24ClN3O3. The van der Waals surface area contributed by atoms with Gasteiger partial charge in [-0.05, 0) is 44.4 Å². The summed E-state index contributed by atoms with van der Waals surface area (Å²) in [5.41, 5.74) is 1.88. The topological polar surface area (TPSA) is 76.4 Å². The monoisotopic (exact) mass is 377 g/mol. The normalized spacial score (nSPS) is 17.7. The van der Waals surface area contributed by atoms with Crippen LogP contribution in [-0.2, 0) is 14.9 Å². The van der Waals surface area contributed by atoms with E-state index in [1.54, 1.807) is 6.07 Å². The number of aromatic nitrogens is 1. The lowest BCUT2D eigenvalue weighted by Gasteiger charge is -2.38. The molecule has 0 aliphatic carbocycles. The van der Waals surface area contributed by atoms with Gasteiger partial charge in [-0.25, -0.2) is 0 Å². The maximum atomic E-state index is 12.4. The molecule has 1 aromatic heterocycles. The van der Waals surface area contributed by atoms with Crippen molar-refractivity contribution in [3.8, 4) is 0 Å². The number of amides is 1. The molecule has 3 rings (SSSR count). The van der Waals surface area contributed by atoms with Crippen molar-refractivity contribution in [3.05, 3.63) is 46.6 Å². The van der Waals surface area contributed by atoms with Gasteiger partial charge >= 0.3 is 0 Å². The molecule has 0 bridgehead atoms. The van der Waals surface area contributed by atoms with E-state index in [2.05, 4.69) is 27.9 Å². The van der Waals surface area contributed by atoms with Gasteiger partial charge in [0.15, 0.2) is 0 Å². The minimum atomic E-state index is -0.368. The SMILES string of the molecule is Cc1cc(NC(=O)[C@H](C)NCC2(c3ccc(Cl)cc3)CCOCC2)on1. The Labute approximate surface area is 158 Å². The first-order valence-electron chi connectivity index (χ1n) is 8.80. The summed E-state index contributed by atoms with van der Waals surface area (Å²) >= 11 is 6.04. The molecule has 1 fully saturated rings. The molecule has 2 N–H and O–H groups in total. The number of benzene rings is 1. The lowest BCUT2D eigenvalue weighted by molar-refractivity contribution is -0.118. The highest BCUT2D eigenvalue weighted by Gasteiger charge is 2.35. The number of halogens is 1. The molecule has 0 unspecified atom stereocenters. The first-order chi connectivity index (χ1) is 12.5. The first kappa shape index (κ1) is 18.9. The zero-order valence-electron chi connectivity index (χ0n) is 15.0. The Hall–Kier alpha value is -1.89. The highest BCUT2D eigenvalue weighted by Crippen LogP contribution is 2.35. The van der Waals surface area contributed by atoms with Gasteiger partial charge in [0.05, 0.1) is 11.7 Å². The van der Waals surface area contributed by atoms with Gasteiger partial charge in [-0.2, -0.15) is 0 Å². The summed E-state index contributed by atoms with van der Waals surface area (Å²) < 4.78 is 10.6. The Morgan fingerprint density at radius 3 is 2.62 bits per heavy atom.